The lowest BCUT2D eigenvalue weighted by Gasteiger charge is -2.31. The van der Waals surface area contributed by atoms with Crippen LogP contribution in [0.4, 0.5) is 0 Å². The normalized spacial score (nSPS) is 34.3. The Bertz CT molecular complexity index is 239. The smallest absolute Gasteiger partial charge is 0.00698 e. The molecule has 1 saturated heterocycles. The van der Waals surface area contributed by atoms with Gasteiger partial charge in [-0.1, -0.05) is 26.7 Å². The first-order valence-electron chi connectivity index (χ1n) is 8.05. The zero-order valence-corrected chi connectivity index (χ0v) is 12.6. The molecule has 0 aromatic rings. The monoisotopic (exact) mass is 252 g/mol. The molecule has 3 unspecified atom stereocenters. The van der Waals surface area contributed by atoms with Crippen molar-refractivity contribution in [2.75, 3.05) is 26.7 Å². The van der Waals surface area contributed by atoms with Crippen LogP contribution in [0.15, 0.2) is 0 Å². The summed E-state index contributed by atoms with van der Waals surface area (Å²) >= 11 is 0. The molecule has 2 fully saturated rings. The Hall–Kier alpha value is -0.0800. The first-order chi connectivity index (χ1) is 8.63. The van der Waals surface area contributed by atoms with E-state index in [0.717, 1.165) is 23.8 Å². The summed E-state index contributed by atoms with van der Waals surface area (Å²) in [6, 6.07) is 0.813. The molecule has 0 radical (unpaired) electrons. The van der Waals surface area contributed by atoms with Gasteiger partial charge in [0.05, 0.1) is 0 Å². The Kier molecular flexibility index (Phi) is 5.50. The molecule has 0 amide bonds. The van der Waals surface area contributed by atoms with Crippen LogP contribution in [-0.2, 0) is 0 Å². The lowest BCUT2D eigenvalue weighted by atomic mass is 9.81. The number of hydrogen-bond acceptors (Lipinski definition) is 2. The number of nitrogens with zero attached hydrogens (tertiary/aromatic N) is 1. The molecule has 1 aliphatic carbocycles. The van der Waals surface area contributed by atoms with Gasteiger partial charge in [-0.15, -0.1) is 0 Å². The fraction of sp³-hybridized carbons (Fsp3) is 1.00. The van der Waals surface area contributed by atoms with Crippen molar-refractivity contribution < 1.29 is 0 Å². The highest BCUT2D eigenvalue weighted by molar-refractivity contribution is 4.81. The van der Waals surface area contributed by atoms with Crippen molar-refractivity contribution in [2.45, 2.75) is 58.4 Å². The van der Waals surface area contributed by atoms with Crippen molar-refractivity contribution in [1.82, 2.24) is 10.2 Å². The summed E-state index contributed by atoms with van der Waals surface area (Å²) < 4.78 is 0. The van der Waals surface area contributed by atoms with Crippen molar-refractivity contribution in [2.24, 2.45) is 17.8 Å². The van der Waals surface area contributed by atoms with Gasteiger partial charge in [0.2, 0.25) is 0 Å². The molecule has 2 heteroatoms. The molecule has 1 N–H and O–H groups in total. The van der Waals surface area contributed by atoms with Gasteiger partial charge in [0.1, 0.15) is 0 Å². The van der Waals surface area contributed by atoms with E-state index in [1.807, 2.05) is 0 Å². The van der Waals surface area contributed by atoms with E-state index in [-0.39, 0.29) is 0 Å². The third-order valence-electron chi connectivity index (χ3n) is 4.77. The number of hydrogen-bond donors (Lipinski definition) is 1. The van der Waals surface area contributed by atoms with Crippen molar-refractivity contribution in [3.05, 3.63) is 0 Å². The molecule has 0 aromatic carbocycles. The lowest BCUT2D eigenvalue weighted by molar-refractivity contribution is 0.246. The van der Waals surface area contributed by atoms with Gasteiger partial charge >= 0.3 is 0 Å². The Morgan fingerprint density at radius 1 is 1.17 bits per heavy atom. The highest BCUT2D eigenvalue weighted by Crippen LogP contribution is 2.29. The minimum absolute atomic E-state index is 0.813. The molecule has 0 bridgehead atoms. The van der Waals surface area contributed by atoms with Crippen LogP contribution in [0.2, 0.25) is 0 Å². The second-order valence-electron chi connectivity index (χ2n) is 7.18. The van der Waals surface area contributed by atoms with Crippen molar-refractivity contribution in [1.29, 1.82) is 0 Å². The largest absolute Gasteiger partial charge is 0.314 e. The second kappa shape index (κ2) is 6.91. The third-order valence-corrected chi connectivity index (χ3v) is 4.77. The number of nitrogens with one attached hydrogen (secondary N) is 1. The zero-order valence-electron chi connectivity index (χ0n) is 12.6. The summed E-state index contributed by atoms with van der Waals surface area (Å²) in [5.41, 5.74) is 0. The fourth-order valence-corrected chi connectivity index (χ4v) is 3.88. The molecule has 1 saturated carbocycles. The molecular formula is C16H32N2. The first kappa shape index (κ1) is 14.3. The summed E-state index contributed by atoms with van der Waals surface area (Å²) in [4.78, 5) is 2.47. The molecular weight excluding hydrogens is 220 g/mol. The summed E-state index contributed by atoms with van der Waals surface area (Å²) in [6.07, 6.45) is 8.59. The van der Waals surface area contributed by atoms with Gasteiger partial charge in [0.15, 0.2) is 0 Å². The van der Waals surface area contributed by atoms with Gasteiger partial charge in [-0.2, -0.15) is 0 Å². The molecule has 1 aliphatic heterocycles. The first-order valence-corrected chi connectivity index (χ1v) is 8.05. The van der Waals surface area contributed by atoms with E-state index in [0.29, 0.717) is 0 Å². The van der Waals surface area contributed by atoms with E-state index in [9.17, 15) is 0 Å². The minimum Gasteiger partial charge on any atom is -0.314 e. The molecule has 2 nitrogen and oxygen atoms in total. The molecule has 106 valence electrons. The van der Waals surface area contributed by atoms with E-state index in [1.54, 1.807) is 0 Å². The standard InChI is InChI=1S/C16H32N2/c1-13(2)9-14-5-4-6-16(10-14)17-11-15-7-8-18(3)12-15/h13-17H,4-12H2,1-3H3. The molecule has 0 aromatic heterocycles. The van der Waals surface area contributed by atoms with Gasteiger partial charge in [-0.05, 0) is 63.6 Å². The predicted octanol–water partition coefficient (Wildman–Crippen LogP) is 3.13. The van der Waals surface area contributed by atoms with Gasteiger partial charge < -0.3 is 10.2 Å². The second-order valence-corrected chi connectivity index (χ2v) is 7.18. The fourth-order valence-electron chi connectivity index (χ4n) is 3.88. The quantitative estimate of drug-likeness (QED) is 0.809. The van der Waals surface area contributed by atoms with Crippen LogP contribution in [0, 0.1) is 17.8 Å². The van der Waals surface area contributed by atoms with Crippen LogP contribution in [0.1, 0.15) is 52.4 Å². The number of likely N-dealkylation sites (tertiary alicyclic amines) is 1. The van der Waals surface area contributed by atoms with E-state index in [1.165, 1.54) is 58.2 Å². The van der Waals surface area contributed by atoms with Crippen molar-refractivity contribution in [3.63, 3.8) is 0 Å². The van der Waals surface area contributed by atoms with Crippen LogP contribution >= 0.6 is 0 Å². The highest BCUT2D eigenvalue weighted by atomic mass is 15.1. The van der Waals surface area contributed by atoms with Crippen molar-refractivity contribution in [3.8, 4) is 0 Å². The molecule has 2 aliphatic rings. The Labute approximate surface area is 114 Å². The van der Waals surface area contributed by atoms with E-state index in [2.05, 4.69) is 31.1 Å². The van der Waals surface area contributed by atoms with Crippen LogP contribution in [0.3, 0.4) is 0 Å². The molecule has 1 heterocycles. The van der Waals surface area contributed by atoms with Gasteiger partial charge in [0.25, 0.3) is 0 Å². The van der Waals surface area contributed by atoms with E-state index in [4.69, 9.17) is 0 Å². The predicted molar refractivity (Wildman–Crippen MR) is 78.8 cm³/mol. The van der Waals surface area contributed by atoms with Gasteiger partial charge in [-0.25, -0.2) is 0 Å². The summed E-state index contributed by atoms with van der Waals surface area (Å²) in [5.74, 6) is 2.76. The maximum Gasteiger partial charge on any atom is 0.00698 e. The zero-order chi connectivity index (χ0) is 13.0. The van der Waals surface area contributed by atoms with Crippen LogP contribution < -0.4 is 5.32 Å². The van der Waals surface area contributed by atoms with E-state index >= 15 is 0 Å². The maximum absolute atomic E-state index is 3.86. The van der Waals surface area contributed by atoms with Crippen LogP contribution in [0.5, 0.6) is 0 Å². The summed E-state index contributed by atoms with van der Waals surface area (Å²) in [7, 11) is 2.25. The van der Waals surface area contributed by atoms with Crippen LogP contribution in [-0.4, -0.2) is 37.6 Å². The Morgan fingerprint density at radius 2 is 2.00 bits per heavy atom. The lowest BCUT2D eigenvalue weighted by Crippen LogP contribution is -2.37. The highest BCUT2D eigenvalue weighted by Gasteiger charge is 2.24. The average molecular weight is 252 g/mol. The Balaban J connectivity index is 1.66. The number of rotatable bonds is 5. The van der Waals surface area contributed by atoms with E-state index < -0.39 is 0 Å². The average Bonchev–Trinajstić information content (AvgIpc) is 2.72. The molecule has 3 atom stereocenters. The molecule has 2 rings (SSSR count). The topological polar surface area (TPSA) is 15.3 Å². The summed E-state index contributed by atoms with van der Waals surface area (Å²) in [6.45, 7) is 8.59. The van der Waals surface area contributed by atoms with Gasteiger partial charge in [0, 0.05) is 12.6 Å². The third kappa shape index (κ3) is 4.55. The molecule has 0 spiro atoms. The molecule has 18 heavy (non-hydrogen) atoms. The van der Waals surface area contributed by atoms with Crippen molar-refractivity contribution >= 4 is 0 Å². The summed E-state index contributed by atoms with van der Waals surface area (Å²) in [5, 5.41) is 3.86. The van der Waals surface area contributed by atoms with Crippen LogP contribution in [0.25, 0.3) is 0 Å². The van der Waals surface area contributed by atoms with Gasteiger partial charge in [-0.3, -0.25) is 0 Å². The maximum atomic E-state index is 3.86. The SMILES string of the molecule is CC(C)CC1CCCC(NCC2CCN(C)C2)C1. The Morgan fingerprint density at radius 3 is 2.67 bits per heavy atom. The minimum atomic E-state index is 0.813.